The van der Waals surface area contributed by atoms with Crippen LogP contribution < -0.4 is 5.32 Å². The van der Waals surface area contributed by atoms with Crippen LogP contribution in [0.4, 0.5) is 4.79 Å². The van der Waals surface area contributed by atoms with Crippen molar-refractivity contribution in [1.29, 1.82) is 0 Å². The maximum Gasteiger partial charge on any atom is 0.407 e. The molecule has 0 saturated heterocycles. The van der Waals surface area contributed by atoms with Gasteiger partial charge in [-0.3, -0.25) is 0 Å². The molecule has 0 heterocycles. The number of amides is 1. The summed E-state index contributed by atoms with van der Waals surface area (Å²) in [4.78, 5) is 11.6. The number of aliphatic hydroxyl groups excluding tert-OH is 2. The average Bonchev–Trinajstić information content (AvgIpc) is 2.67. The molecule has 1 amide bonds. The van der Waals surface area contributed by atoms with Crippen LogP contribution in [0.2, 0.25) is 0 Å². The Hall–Kier alpha value is -2.90. The summed E-state index contributed by atoms with van der Waals surface area (Å²) in [6, 6.07) is 15.9. The smallest absolute Gasteiger partial charge is 0.407 e. The monoisotopic (exact) mass is 358 g/mol. The minimum atomic E-state index is -1.12. The number of nitrogens with one attached hydrogen (secondary N) is 1. The average molecular weight is 358 g/mol. The number of hydrogen-bond acceptors (Lipinski definition) is 6. The first-order valence-electron chi connectivity index (χ1n) is 8.18. The van der Waals surface area contributed by atoms with E-state index in [1.165, 1.54) is 6.21 Å². The second-order valence-electron chi connectivity index (χ2n) is 5.70. The first-order valence-corrected chi connectivity index (χ1v) is 8.18. The summed E-state index contributed by atoms with van der Waals surface area (Å²) in [6.45, 7) is 0.320. The Bertz CT molecular complexity index is 721. The van der Waals surface area contributed by atoms with Gasteiger partial charge in [-0.05, 0) is 29.2 Å². The highest BCUT2D eigenvalue weighted by molar-refractivity contribution is 5.79. The van der Waals surface area contributed by atoms with E-state index in [4.69, 9.17) is 9.94 Å². The van der Waals surface area contributed by atoms with E-state index < -0.39 is 18.3 Å². The van der Waals surface area contributed by atoms with Gasteiger partial charge in [-0.2, -0.15) is 0 Å². The van der Waals surface area contributed by atoms with Gasteiger partial charge in [0.1, 0.15) is 12.7 Å². The summed E-state index contributed by atoms with van der Waals surface area (Å²) < 4.78 is 5.07. The number of nitrogens with zero attached hydrogens (tertiary/aromatic N) is 1. The van der Waals surface area contributed by atoms with Gasteiger partial charge in [0.15, 0.2) is 0 Å². The summed E-state index contributed by atoms with van der Waals surface area (Å²) in [5, 5.41) is 34.3. The molecular formula is C19H22N2O5. The number of carbonyl (C=O) groups is 1. The quantitative estimate of drug-likeness (QED) is 0.328. The van der Waals surface area contributed by atoms with Crippen molar-refractivity contribution in [1.82, 2.24) is 5.32 Å². The van der Waals surface area contributed by atoms with Crippen molar-refractivity contribution < 1.29 is 25.0 Å². The Morgan fingerprint density at radius 2 is 1.92 bits per heavy atom. The van der Waals surface area contributed by atoms with Crippen molar-refractivity contribution in [2.75, 3.05) is 6.54 Å². The molecule has 0 aliphatic carbocycles. The molecule has 0 aromatic heterocycles. The second kappa shape index (κ2) is 10.2. The van der Waals surface area contributed by atoms with E-state index in [-0.39, 0.29) is 19.6 Å². The molecular weight excluding hydrogens is 336 g/mol. The van der Waals surface area contributed by atoms with Crippen LogP contribution in [0.1, 0.15) is 29.2 Å². The van der Waals surface area contributed by atoms with Gasteiger partial charge in [0.25, 0.3) is 0 Å². The van der Waals surface area contributed by atoms with Crippen LogP contribution in [-0.4, -0.2) is 40.4 Å². The molecule has 26 heavy (non-hydrogen) atoms. The lowest BCUT2D eigenvalue weighted by atomic mass is 10.0. The van der Waals surface area contributed by atoms with Crippen molar-refractivity contribution in [2.45, 2.75) is 25.2 Å². The minimum Gasteiger partial charge on any atom is -0.445 e. The van der Waals surface area contributed by atoms with E-state index in [9.17, 15) is 15.0 Å². The molecule has 0 fully saturated rings. The lowest BCUT2D eigenvalue weighted by Gasteiger charge is -2.18. The van der Waals surface area contributed by atoms with Crippen LogP contribution in [0, 0.1) is 0 Å². The fraction of sp³-hybridized carbons (Fsp3) is 0.263. The van der Waals surface area contributed by atoms with Crippen LogP contribution in [0.5, 0.6) is 0 Å². The first kappa shape index (κ1) is 19.4. The predicted octanol–water partition coefficient (Wildman–Crippen LogP) is 2.21. The van der Waals surface area contributed by atoms with E-state index >= 15 is 0 Å². The first-order chi connectivity index (χ1) is 12.6. The predicted molar refractivity (Wildman–Crippen MR) is 96.0 cm³/mol. The Morgan fingerprint density at radius 1 is 1.15 bits per heavy atom. The van der Waals surface area contributed by atoms with Gasteiger partial charge in [-0.15, -0.1) is 0 Å². The topological polar surface area (TPSA) is 111 Å². The molecule has 4 N–H and O–H groups in total. The highest BCUT2D eigenvalue weighted by Gasteiger charge is 2.18. The third-order valence-corrected chi connectivity index (χ3v) is 3.75. The fourth-order valence-corrected chi connectivity index (χ4v) is 2.37. The summed E-state index contributed by atoms with van der Waals surface area (Å²) in [5.74, 6) is 0. The molecule has 2 aromatic rings. The third-order valence-electron chi connectivity index (χ3n) is 3.75. The fourth-order valence-electron chi connectivity index (χ4n) is 2.37. The van der Waals surface area contributed by atoms with Crippen molar-refractivity contribution in [3.63, 3.8) is 0 Å². The highest BCUT2D eigenvalue weighted by atomic mass is 16.5. The van der Waals surface area contributed by atoms with E-state index in [2.05, 4.69) is 10.5 Å². The van der Waals surface area contributed by atoms with Gasteiger partial charge < -0.3 is 25.5 Å². The lowest BCUT2D eigenvalue weighted by Crippen LogP contribution is -2.29. The van der Waals surface area contributed by atoms with Crippen LogP contribution in [0.15, 0.2) is 59.8 Å². The Balaban J connectivity index is 1.74. The maximum absolute atomic E-state index is 11.6. The summed E-state index contributed by atoms with van der Waals surface area (Å²) in [7, 11) is 0. The van der Waals surface area contributed by atoms with Crippen LogP contribution >= 0.6 is 0 Å². The van der Waals surface area contributed by atoms with Crippen LogP contribution in [0.25, 0.3) is 0 Å². The lowest BCUT2D eigenvalue weighted by molar-refractivity contribution is 0.0136. The number of aliphatic hydroxyl groups is 2. The maximum atomic E-state index is 11.6. The van der Waals surface area contributed by atoms with Gasteiger partial charge in [-0.25, -0.2) is 4.79 Å². The summed E-state index contributed by atoms with van der Waals surface area (Å²) in [5.41, 5.74) is 1.96. The molecule has 0 saturated carbocycles. The molecule has 0 bridgehead atoms. The van der Waals surface area contributed by atoms with Crippen molar-refractivity contribution in [2.24, 2.45) is 5.16 Å². The van der Waals surface area contributed by atoms with Crippen LogP contribution in [0.3, 0.4) is 0 Å². The molecule has 0 aliphatic heterocycles. The number of oxime groups is 1. The molecule has 2 unspecified atom stereocenters. The Labute approximate surface area is 151 Å². The molecule has 7 heteroatoms. The van der Waals surface area contributed by atoms with Gasteiger partial charge in [0.2, 0.25) is 0 Å². The molecule has 0 aliphatic rings. The van der Waals surface area contributed by atoms with Gasteiger partial charge in [0, 0.05) is 6.54 Å². The zero-order valence-corrected chi connectivity index (χ0v) is 14.2. The normalized spacial score (nSPS) is 13.3. The van der Waals surface area contributed by atoms with E-state index in [1.54, 1.807) is 24.3 Å². The number of alkyl carbamates (subject to hydrolysis) is 1. The van der Waals surface area contributed by atoms with Crippen molar-refractivity contribution >= 4 is 12.3 Å². The van der Waals surface area contributed by atoms with Gasteiger partial charge >= 0.3 is 6.09 Å². The van der Waals surface area contributed by atoms with Gasteiger partial charge in [0.05, 0.1) is 12.3 Å². The minimum absolute atomic E-state index is 0.153. The zero-order chi connectivity index (χ0) is 18.8. The van der Waals surface area contributed by atoms with E-state index in [1.807, 2.05) is 30.3 Å². The zero-order valence-electron chi connectivity index (χ0n) is 14.2. The SMILES string of the molecule is O=C(NCCC(O)C(O)c1cccc(C=NO)c1)OCc1ccccc1. The van der Waals surface area contributed by atoms with Gasteiger partial charge in [-0.1, -0.05) is 53.7 Å². The largest absolute Gasteiger partial charge is 0.445 e. The standard InChI is InChI=1S/C19H22N2O5/c22-17(18(23)16-8-4-7-15(11-16)12-21-25)9-10-20-19(24)26-13-14-5-2-1-3-6-14/h1-8,11-12,17-18,22-23,25H,9-10,13H2,(H,20,24). The second-order valence-corrected chi connectivity index (χ2v) is 5.70. The molecule has 0 spiro atoms. The third kappa shape index (κ3) is 6.19. The van der Waals surface area contributed by atoms with Crippen molar-refractivity contribution in [3.05, 3.63) is 71.3 Å². The van der Waals surface area contributed by atoms with E-state index in [0.29, 0.717) is 11.1 Å². The number of carbonyl (C=O) groups excluding carboxylic acids is 1. The summed E-state index contributed by atoms with van der Waals surface area (Å²) in [6.07, 6.45) is -1.39. The van der Waals surface area contributed by atoms with Crippen LogP contribution in [-0.2, 0) is 11.3 Å². The number of ether oxygens (including phenoxy) is 1. The Kier molecular flexibility index (Phi) is 7.60. The number of rotatable bonds is 8. The molecule has 2 aromatic carbocycles. The number of hydrogen-bond donors (Lipinski definition) is 4. The molecule has 7 nitrogen and oxygen atoms in total. The highest BCUT2D eigenvalue weighted by Crippen LogP contribution is 2.19. The van der Waals surface area contributed by atoms with E-state index in [0.717, 1.165) is 5.56 Å². The molecule has 2 atom stereocenters. The molecule has 138 valence electrons. The number of benzene rings is 2. The summed E-state index contributed by atoms with van der Waals surface area (Å²) >= 11 is 0. The van der Waals surface area contributed by atoms with Crippen molar-refractivity contribution in [3.8, 4) is 0 Å². The molecule has 2 rings (SSSR count). The Morgan fingerprint density at radius 3 is 2.65 bits per heavy atom. The molecule has 0 radical (unpaired) electrons.